The second-order valence-electron chi connectivity index (χ2n) is 7.61. The molecule has 0 heterocycles. The van der Waals surface area contributed by atoms with Gasteiger partial charge in [-0.2, -0.15) is 0 Å². The molecule has 0 aliphatic heterocycles. The number of benzene rings is 1. The fraction of sp³-hybridized carbons (Fsp3) is 0.600. The fourth-order valence-electron chi connectivity index (χ4n) is 3.16. The van der Waals surface area contributed by atoms with E-state index >= 15 is 0 Å². The Morgan fingerprint density at radius 3 is 2.50 bits per heavy atom. The lowest BCUT2D eigenvalue weighted by Gasteiger charge is -2.28. The highest BCUT2D eigenvalue weighted by Crippen LogP contribution is 2.32. The Hall–Kier alpha value is -1.84. The third-order valence-electron chi connectivity index (χ3n) is 4.22. The van der Waals surface area contributed by atoms with Gasteiger partial charge in [-0.15, -0.1) is 0 Å². The van der Waals surface area contributed by atoms with Gasteiger partial charge in [-0.05, 0) is 51.5 Å². The number of ether oxygens (including phenoxy) is 2. The predicted molar refractivity (Wildman–Crippen MR) is 92.1 cm³/mol. The fourth-order valence-corrected chi connectivity index (χ4v) is 3.16. The van der Waals surface area contributed by atoms with Crippen LogP contribution in [0.15, 0.2) is 30.3 Å². The summed E-state index contributed by atoms with van der Waals surface area (Å²) in [6, 6.07) is 9.69. The highest BCUT2D eigenvalue weighted by atomic mass is 16.6. The zero-order valence-corrected chi connectivity index (χ0v) is 14.9. The highest BCUT2D eigenvalue weighted by Gasteiger charge is 2.30. The Labute approximate surface area is 144 Å². The van der Waals surface area contributed by atoms with Crippen molar-refractivity contribution in [3.05, 3.63) is 35.9 Å². The van der Waals surface area contributed by atoms with Gasteiger partial charge in [0.05, 0.1) is 5.92 Å². The second-order valence-corrected chi connectivity index (χ2v) is 7.61. The summed E-state index contributed by atoms with van der Waals surface area (Å²) in [6.45, 7) is 5.92. The van der Waals surface area contributed by atoms with Crippen LogP contribution in [0.1, 0.15) is 58.4 Å². The monoisotopic (exact) mass is 332 g/mol. The van der Waals surface area contributed by atoms with E-state index in [4.69, 9.17) is 9.47 Å². The van der Waals surface area contributed by atoms with E-state index in [-0.39, 0.29) is 23.8 Å². The lowest BCUT2D eigenvalue weighted by atomic mass is 9.80. The Kier molecular flexibility index (Phi) is 6.41. The van der Waals surface area contributed by atoms with E-state index in [1.165, 1.54) is 0 Å². The van der Waals surface area contributed by atoms with Crippen molar-refractivity contribution in [1.82, 2.24) is 0 Å². The van der Waals surface area contributed by atoms with Gasteiger partial charge in [0.15, 0.2) is 0 Å². The maximum atomic E-state index is 12.3. The molecule has 0 radical (unpaired) electrons. The molecule has 0 aromatic heterocycles. The summed E-state index contributed by atoms with van der Waals surface area (Å²) in [4.78, 5) is 24.3. The van der Waals surface area contributed by atoms with E-state index in [0.717, 1.165) is 24.8 Å². The molecule has 0 N–H and O–H groups in total. The highest BCUT2D eigenvalue weighted by molar-refractivity contribution is 5.73. The summed E-state index contributed by atoms with van der Waals surface area (Å²) in [5, 5.41) is 0. The number of esters is 2. The molecule has 1 aromatic rings. The molecular weight excluding hydrogens is 304 g/mol. The molecule has 24 heavy (non-hydrogen) atoms. The van der Waals surface area contributed by atoms with E-state index in [9.17, 15) is 9.59 Å². The average Bonchev–Trinajstić information content (AvgIpc) is 2.52. The van der Waals surface area contributed by atoms with Crippen LogP contribution >= 0.6 is 0 Å². The van der Waals surface area contributed by atoms with Gasteiger partial charge < -0.3 is 9.47 Å². The molecule has 4 heteroatoms. The zero-order valence-electron chi connectivity index (χ0n) is 14.9. The summed E-state index contributed by atoms with van der Waals surface area (Å²) in [7, 11) is 0. The Balaban J connectivity index is 1.79. The van der Waals surface area contributed by atoms with E-state index in [2.05, 4.69) is 0 Å². The van der Waals surface area contributed by atoms with E-state index in [1.807, 2.05) is 51.1 Å². The molecule has 4 nitrogen and oxygen atoms in total. The molecule has 0 amide bonds. The van der Waals surface area contributed by atoms with Crippen LogP contribution in [0, 0.1) is 11.8 Å². The first kappa shape index (κ1) is 18.5. The van der Waals surface area contributed by atoms with Crippen LogP contribution in [-0.2, 0) is 25.7 Å². The number of carbonyl (C=O) groups is 2. The van der Waals surface area contributed by atoms with Gasteiger partial charge in [0.1, 0.15) is 12.2 Å². The zero-order chi connectivity index (χ0) is 17.6. The van der Waals surface area contributed by atoms with Gasteiger partial charge in [0, 0.05) is 6.42 Å². The third kappa shape index (κ3) is 6.34. The topological polar surface area (TPSA) is 52.6 Å². The normalized spacial score (nSPS) is 21.1. The minimum absolute atomic E-state index is 0.102. The van der Waals surface area contributed by atoms with Crippen molar-refractivity contribution in [3.63, 3.8) is 0 Å². The maximum Gasteiger partial charge on any atom is 0.309 e. The number of hydrogen-bond donors (Lipinski definition) is 0. The van der Waals surface area contributed by atoms with Crippen LogP contribution in [0.25, 0.3) is 0 Å². The molecule has 1 aliphatic carbocycles. The minimum atomic E-state index is -0.459. The van der Waals surface area contributed by atoms with Gasteiger partial charge in [-0.1, -0.05) is 36.8 Å². The van der Waals surface area contributed by atoms with Gasteiger partial charge in [0.25, 0.3) is 0 Å². The van der Waals surface area contributed by atoms with Crippen molar-refractivity contribution in [1.29, 1.82) is 0 Å². The van der Waals surface area contributed by atoms with E-state index in [0.29, 0.717) is 19.4 Å². The number of rotatable bonds is 5. The summed E-state index contributed by atoms with van der Waals surface area (Å²) in [5.41, 5.74) is 0.534. The third-order valence-corrected chi connectivity index (χ3v) is 4.22. The second kappa shape index (κ2) is 8.32. The Bertz CT molecular complexity index is 545. The quantitative estimate of drug-likeness (QED) is 0.756. The van der Waals surface area contributed by atoms with Crippen molar-refractivity contribution in [3.8, 4) is 0 Å². The number of carbonyl (C=O) groups excluding carboxylic acids is 2. The minimum Gasteiger partial charge on any atom is -0.461 e. The molecule has 2 rings (SSSR count). The van der Waals surface area contributed by atoms with Crippen LogP contribution in [0.4, 0.5) is 0 Å². The van der Waals surface area contributed by atoms with E-state index < -0.39 is 5.60 Å². The molecular formula is C20H28O4. The van der Waals surface area contributed by atoms with Gasteiger partial charge in [-0.25, -0.2) is 0 Å². The average molecular weight is 332 g/mol. The van der Waals surface area contributed by atoms with Gasteiger partial charge in [0.2, 0.25) is 0 Å². The van der Waals surface area contributed by atoms with Crippen molar-refractivity contribution in [2.75, 3.05) is 0 Å². The van der Waals surface area contributed by atoms with Crippen LogP contribution in [0.3, 0.4) is 0 Å². The molecule has 0 spiro atoms. The first-order valence-electron chi connectivity index (χ1n) is 8.76. The smallest absolute Gasteiger partial charge is 0.309 e. The molecule has 0 bridgehead atoms. The largest absolute Gasteiger partial charge is 0.461 e. The van der Waals surface area contributed by atoms with Crippen LogP contribution in [0.2, 0.25) is 0 Å². The maximum absolute atomic E-state index is 12.3. The molecule has 1 fully saturated rings. The molecule has 1 aliphatic rings. The first-order valence-corrected chi connectivity index (χ1v) is 8.76. The predicted octanol–water partition coefficient (Wildman–Crippen LogP) is 4.27. The van der Waals surface area contributed by atoms with Crippen LogP contribution in [-0.4, -0.2) is 17.5 Å². The molecule has 132 valence electrons. The standard InChI is InChI=1S/C20H28O4/c1-20(2,3)24-18(21)13-16-10-7-11-17(12-16)19(22)23-14-15-8-5-4-6-9-15/h4-6,8-9,16-17H,7,10-14H2,1-3H3/t16-,17+/m0/s1. The lowest BCUT2D eigenvalue weighted by Crippen LogP contribution is -2.29. The van der Waals surface area contributed by atoms with E-state index in [1.54, 1.807) is 0 Å². The molecule has 1 saturated carbocycles. The Morgan fingerprint density at radius 2 is 1.83 bits per heavy atom. The van der Waals surface area contributed by atoms with Crippen molar-refractivity contribution >= 4 is 11.9 Å². The first-order chi connectivity index (χ1) is 11.3. The van der Waals surface area contributed by atoms with Crippen LogP contribution < -0.4 is 0 Å². The summed E-state index contributed by atoms with van der Waals surface area (Å²) in [5.74, 6) is -0.212. The van der Waals surface area contributed by atoms with Gasteiger partial charge >= 0.3 is 11.9 Å². The molecule has 1 aromatic carbocycles. The SMILES string of the molecule is CC(C)(C)OC(=O)C[C@H]1CCC[C@@H](C(=O)OCc2ccccc2)C1. The Morgan fingerprint density at radius 1 is 1.12 bits per heavy atom. The molecule has 0 saturated heterocycles. The lowest BCUT2D eigenvalue weighted by molar-refractivity contribution is -0.158. The molecule has 0 unspecified atom stereocenters. The van der Waals surface area contributed by atoms with Crippen molar-refractivity contribution in [2.24, 2.45) is 11.8 Å². The summed E-state index contributed by atoms with van der Waals surface area (Å²) >= 11 is 0. The summed E-state index contributed by atoms with van der Waals surface area (Å²) in [6.07, 6.45) is 3.88. The van der Waals surface area contributed by atoms with Gasteiger partial charge in [-0.3, -0.25) is 9.59 Å². The van der Waals surface area contributed by atoms with Crippen molar-refractivity contribution < 1.29 is 19.1 Å². The molecule has 2 atom stereocenters. The van der Waals surface area contributed by atoms with Crippen molar-refractivity contribution in [2.45, 2.75) is 65.1 Å². The summed E-state index contributed by atoms with van der Waals surface area (Å²) < 4.78 is 10.8. The van der Waals surface area contributed by atoms with Crippen LogP contribution in [0.5, 0.6) is 0 Å². The number of hydrogen-bond acceptors (Lipinski definition) is 4.